The molecular weight excluding hydrogens is 222 g/mol. The summed E-state index contributed by atoms with van der Waals surface area (Å²) in [6.07, 6.45) is 8.18. The van der Waals surface area contributed by atoms with E-state index in [4.69, 9.17) is 11.6 Å². The Hall–Kier alpha value is -0.240. The number of halogens is 1. The van der Waals surface area contributed by atoms with E-state index in [1.807, 2.05) is 0 Å². The summed E-state index contributed by atoms with van der Waals surface area (Å²) in [6, 6.07) is 0.490. The Morgan fingerprint density at radius 3 is 2.38 bits per heavy atom. The zero-order valence-electron chi connectivity index (χ0n) is 10.2. The first-order valence-electron chi connectivity index (χ1n) is 6.54. The van der Waals surface area contributed by atoms with Gasteiger partial charge >= 0.3 is 0 Å². The summed E-state index contributed by atoms with van der Waals surface area (Å²) in [5, 5.41) is 0. The van der Waals surface area contributed by atoms with Crippen LogP contribution in [0.1, 0.15) is 51.9 Å². The van der Waals surface area contributed by atoms with E-state index in [0.717, 1.165) is 19.4 Å². The van der Waals surface area contributed by atoms with E-state index in [9.17, 15) is 4.79 Å². The molecule has 0 heterocycles. The normalized spacial score (nSPS) is 24.1. The van der Waals surface area contributed by atoms with E-state index in [0.29, 0.717) is 17.8 Å². The van der Waals surface area contributed by atoms with E-state index in [-0.39, 0.29) is 5.41 Å². The van der Waals surface area contributed by atoms with Crippen LogP contribution in [0.15, 0.2) is 0 Å². The molecule has 2 rings (SSSR count). The van der Waals surface area contributed by atoms with Gasteiger partial charge in [0.2, 0.25) is 5.91 Å². The van der Waals surface area contributed by atoms with Crippen LogP contribution in [0.25, 0.3) is 0 Å². The fourth-order valence-corrected chi connectivity index (χ4v) is 3.14. The van der Waals surface area contributed by atoms with Crippen molar-refractivity contribution in [3.05, 3.63) is 0 Å². The molecule has 92 valence electrons. The molecule has 3 heteroatoms. The van der Waals surface area contributed by atoms with E-state index in [2.05, 4.69) is 11.8 Å². The van der Waals surface area contributed by atoms with Crippen LogP contribution in [0, 0.1) is 5.41 Å². The largest absolute Gasteiger partial charge is 0.338 e. The third-order valence-corrected chi connectivity index (χ3v) is 4.49. The minimum Gasteiger partial charge on any atom is -0.338 e. The maximum absolute atomic E-state index is 12.6. The minimum absolute atomic E-state index is 0.0817. The maximum atomic E-state index is 12.6. The summed E-state index contributed by atoms with van der Waals surface area (Å²) >= 11 is 5.82. The Labute approximate surface area is 103 Å². The average molecular weight is 244 g/mol. The number of amides is 1. The summed E-state index contributed by atoms with van der Waals surface area (Å²) in [5.74, 6) is 0.938. The fourth-order valence-electron chi connectivity index (χ4n) is 2.96. The lowest BCUT2D eigenvalue weighted by molar-refractivity contribution is -0.144. The maximum Gasteiger partial charge on any atom is 0.228 e. The molecule has 2 nitrogen and oxygen atoms in total. The van der Waals surface area contributed by atoms with Crippen LogP contribution in [-0.4, -0.2) is 29.3 Å². The predicted octanol–water partition coefficient (Wildman–Crippen LogP) is 3.19. The second kappa shape index (κ2) is 4.95. The highest BCUT2D eigenvalue weighted by molar-refractivity contribution is 6.18. The molecule has 0 aliphatic heterocycles. The topological polar surface area (TPSA) is 20.3 Å². The van der Waals surface area contributed by atoms with Gasteiger partial charge in [0, 0.05) is 23.9 Å². The molecule has 2 aliphatic carbocycles. The van der Waals surface area contributed by atoms with Gasteiger partial charge in [-0.3, -0.25) is 4.79 Å². The van der Waals surface area contributed by atoms with Gasteiger partial charge in [0.1, 0.15) is 0 Å². The molecule has 0 spiro atoms. The number of carbonyl (C=O) groups excluding carboxylic acids is 1. The second-order valence-electron chi connectivity index (χ2n) is 5.54. The fraction of sp³-hybridized carbons (Fsp3) is 0.923. The van der Waals surface area contributed by atoms with Crippen molar-refractivity contribution < 1.29 is 4.79 Å². The van der Waals surface area contributed by atoms with Crippen molar-refractivity contribution in [3.8, 4) is 0 Å². The van der Waals surface area contributed by atoms with Crippen LogP contribution >= 0.6 is 11.6 Å². The summed E-state index contributed by atoms with van der Waals surface area (Å²) in [4.78, 5) is 14.6. The Balaban J connectivity index is 2.03. The van der Waals surface area contributed by atoms with E-state index >= 15 is 0 Å². The number of hydrogen-bond acceptors (Lipinski definition) is 1. The highest BCUT2D eigenvalue weighted by Gasteiger charge is 2.41. The monoisotopic (exact) mass is 243 g/mol. The molecule has 0 N–H and O–H groups in total. The molecule has 0 unspecified atom stereocenters. The molecule has 16 heavy (non-hydrogen) atoms. The van der Waals surface area contributed by atoms with Crippen LogP contribution in [0.5, 0.6) is 0 Å². The molecule has 2 fully saturated rings. The molecule has 1 amide bonds. The van der Waals surface area contributed by atoms with Crippen molar-refractivity contribution in [1.29, 1.82) is 0 Å². The Morgan fingerprint density at radius 1 is 1.31 bits per heavy atom. The Kier molecular flexibility index (Phi) is 3.78. The van der Waals surface area contributed by atoms with Crippen LogP contribution in [0.3, 0.4) is 0 Å². The van der Waals surface area contributed by atoms with E-state index < -0.39 is 0 Å². The lowest BCUT2D eigenvalue weighted by Gasteiger charge is -2.41. The van der Waals surface area contributed by atoms with Gasteiger partial charge in [-0.1, -0.05) is 19.8 Å². The standard InChI is InChI=1S/C13H22ClNO/c1-13(7-2-3-8-13)12(16)15(10-9-14)11-5-4-6-11/h11H,2-10H2,1H3. The van der Waals surface area contributed by atoms with E-state index in [1.165, 1.54) is 32.1 Å². The lowest BCUT2D eigenvalue weighted by Crippen LogP contribution is -2.50. The first kappa shape index (κ1) is 12.2. The average Bonchev–Trinajstić information content (AvgIpc) is 2.62. The van der Waals surface area contributed by atoms with Gasteiger partial charge in [-0.25, -0.2) is 0 Å². The molecule has 0 radical (unpaired) electrons. The zero-order valence-corrected chi connectivity index (χ0v) is 10.9. The second-order valence-corrected chi connectivity index (χ2v) is 5.92. The SMILES string of the molecule is CC1(C(=O)N(CCCl)C2CCC2)CCCC1. The van der Waals surface area contributed by atoms with Gasteiger partial charge in [0.15, 0.2) is 0 Å². The Bertz CT molecular complexity index is 257. The number of hydrogen-bond donors (Lipinski definition) is 0. The third kappa shape index (κ3) is 2.22. The van der Waals surface area contributed by atoms with Crippen molar-refractivity contribution in [2.75, 3.05) is 12.4 Å². The van der Waals surface area contributed by atoms with Crippen LogP contribution in [0.2, 0.25) is 0 Å². The van der Waals surface area contributed by atoms with Gasteiger partial charge in [0.05, 0.1) is 0 Å². The summed E-state index contributed by atoms with van der Waals surface area (Å²) < 4.78 is 0. The molecule has 0 aromatic rings. The third-order valence-electron chi connectivity index (χ3n) is 4.33. The van der Waals surface area contributed by atoms with Gasteiger partial charge < -0.3 is 4.90 Å². The number of nitrogens with zero attached hydrogens (tertiary/aromatic N) is 1. The first-order chi connectivity index (χ1) is 7.67. The summed E-state index contributed by atoms with van der Waals surface area (Å²) in [5.41, 5.74) is -0.0817. The van der Waals surface area contributed by atoms with Crippen LogP contribution in [-0.2, 0) is 4.79 Å². The molecule has 0 aromatic carbocycles. The summed E-state index contributed by atoms with van der Waals surface area (Å²) in [7, 11) is 0. The number of carbonyl (C=O) groups is 1. The zero-order chi connectivity index (χ0) is 11.6. The van der Waals surface area contributed by atoms with Crippen molar-refractivity contribution >= 4 is 17.5 Å². The van der Waals surface area contributed by atoms with Crippen molar-refractivity contribution in [3.63, 3.8) is 0 Å². The molecule has 2 saturated carbocycles. The van der Waals surface area contributed by atoms with Crippen molar-refractivity contribution in [2.24, 2.45) is 5.41 Å². The molecule has 0 bridgehead atoms. The summed E-state index contributed by atoms with van der Waals surface area (Å²) in [6.45, 7) is 2.88. The van der Waals surface area contributed by atoms with Gasteiger partial charge in [0.25, 0.3) is 0 Å². The van der Waals surface area contributed by atoms with Crippen molar-refractivity contribution in [2.45, 2.75) is 57.9 Å². The molecule has 0 saturated heterocycles. The minimum atomic E-state index is -0.0817. The predicted molar refractivity (Wildman–Crippen MR) is 66.6 cm³/mol. The van der Waals surface area contributed by atoms with Crippen molar-refractivity contribution in [1.82, 2.24) is 4.90 Å². The number of alkyl halides is 1. The first-order valence-corrected chi connectivity index (χ1v) is 7.08. The van der Waals surface area contributed by atoms with Gasteiger partial charge in [-0.2, -0.15) is 0 Å². The van der Waals surface area contributed by atoms with Gasteiger partial charge in [-0.15, -0.1) is 11.6 Å². The van der Waals surface area contributed by atoms with Crippen LogP contribution < -0.4 is 0 Å². The quantitative estimate of drug-likeness (QED) is 0.695. The molecule has 2 aliphatic rings. The highest BCUT2D eigenvalue weighted by atomic mass is 35.5. The van der Waals surface area contributed by atoms with Gasteiger partial charge in [-0.05, 0) is 32.1 Å². The Morgan fingerprint density at radius 2 is 1.94 bits per heavy atom. The number of rotatable bonds is 4. The molecule has 0 aromatic heterocycles. The molecule has 0 atom stereocenters. The smallest absolute Gasteiger partial charge is 0.228 e. The lowest BCUT2D eigenvalue weighted by atomic mass is 9.84. The van der Waals surface area contributed by atoms with Crippen LogP contribution in [0.4, 0.5) is 0 Å². The highest BCUT2D eigenvalue weighted by Crippen LogP contribution is 2.40. The van der Waals surface area contributed by atoms with E-state index in [1.54, 1.807) is 0 Å². The molecular formula is C13H22ClNO.